The first-order chi connectivity index (χ1) is 9.78. The van der Waals surface area contributed by atoms with Gasteiger partial charge < -0.3 is 10.6 Å². The maximum Gasteiger partial charge on any atom is 0.0413 e. The van der Waals surface area contributed by atoms with Gasteiger partial charge in [-0.1, -0.05) is 22.4 Å². The number of hydrogen-bond donors (Lipinski definition) is 1. The number of piperidine rings is 1. The lowest BCUT2D eigenvalue weighted by atomic mass is 10.1. The Morgan fingerprint density at radius 3 is 2.70 bits per heavy atom. The van der Waals surface area contributed by atoms with Crippen molar-refractivity contribution in [2.75, 3.05) is 31.1 Å². The highest BCUT2D eigenvalue weighted by Gasteiger charge is 2.29. The van der Waals surface area contributed by atoms with Gasteiger partial charge in [-0.15, -0.1) is 0 Å². The van der Waals surface area contributed by atoms with Gasteiger partial charge >= 0.3 is 0 Å². The molecule has 0 aromatic heterocycles. The second kappa shape index (κ2) is 6.46. The molecule has 0 amide bonds. The Balaban J connectivity index is 1.70. The second-order valence-electron chi connectivity index (χ2n) is 5.96. The van der Waals surface area contributed by atoms with Crippen LogP contribution in [0.5, 0.6) is 0 Å². The van der Waals surface area contributed by atoms with Gasteiger partial charge in [0.2, 0.25) is 0 Å². The number of rotatable bonds is 3. The molecule has 1 aromatic carbocycles. The molecule has 3 nitrogen and oxygen atoms in total. The summed E-state index contributed by atoms with van der Waals surface area (Å²) in [7, 11) is 0. The van der Waals surface area contributed by atoms with Crippen molar-refractivity contribution in [2.45, 2.75) is 38.3 Å². The van der Waals surface area contributed by atoms with Crippen LogP contribution in [0.25, 0.3) is 0 Å². The van der Waals surface area contributed by atoms with Crippen molar-refractivity contribution in [3.8, 4) is 0 Å². The van der Waals surface area contributed by atoms with E-state index in [-0.39, 0.29) is 0 Å². The summed E-state index contributed by atoms with van der Waals surface area (Å²) in [6.45, 7) is 5.52. The van der Waals surface area contributed by atoms with Crippen molar-refractivity contribution < 1.29 is 0 Å². The molecule has 1 unspecified atom stereocenters. The average molecular weight is 338 g/mol. The van der Waals surface area contributed by atoms with E-state index in [1.165, 1.54) is 50.0 Å². The van der Waals surface area contributed by atoms with Gasteiger partial charge in [-0.3, -0.25) is 4.90 Å². The number of benzene rings is 1. The zero-order chi connectivity index (χ0) is 13.9. The van der Waals surface area contributed by atoms with Crippen molar-refractivity contribution in [2.24, 2.45) is 5.73 Å². The molecule has 0 spiro atoms. The van der Waals surface area contributed by atoms with Crippen LogP contribution in [0.15, 0.2) is 22.7 Å². The molecule has 2 N–H and O–H groups in total. The van der Waals surface area contributed by atoms with Crippen LogP contribution in [-0.2, 0) is 6.54 Å². The fourth-order valence-electron chi connectivity index (χ4n) is 3.57. The van der Waals surface area contributed by atoms with Crippen LogP contribution in [-0.4, -0.2) is 37.1 Å². The minimum Gasteiger partial charge on any atom is -0.370 e. The standard InChI is InChI=1S/C16H24BrN3/c17-14-4-5-16(13(10-14)11-18)20-9-6-15(12-20)19-7-2-1-3-8-19/h4-5,10,15H,1-3,6-9,11-12,18H2. The van der Waals surface area contributed by atoms with Crippen molar-refractivity contribution in [3.05, 3.63) is 28.2 Å². The number of hydrogen-bond acceptors (Lipinski definition) is 3. The van der Waals surface area contributed by atoms with Crippen LogP contribution in [0, 0.1) is 0 Å². The molecule has 0 bridgehead atoms. The molecule has 110 valence electrons. The Hall–Kier alpha value is -0.580. The van der Waals surface area contributed by atoms with E-state index in [2.05, 4.69) is 43.9 Å². The highest BCUT2D eigenvalue weighted by molar-refractivity contribution is 9.10. The zero-order valence-corrected chi connectivity index (χ0v) is 13.6. The molecule has 2 fully saturated rings. The van der Waals surface area contributed by atoms with Crippen LogP contribution in [0.1, 0.15) is 31.2 Å². The number of likely N-dealkylation sites (tertiary alicyclic amines) is 1. The van der Waals surface area contributed by atoms with E-state index < -0.39 is 0 Å². The van der Waals surface area contributed by atoms with Crippen LogP contribution in [0.3, 0.4) is 0 Å². The fourth-order valence-corrected chi connectivity index (χ4v) is 3.98. The summed E-state index contributed by atoms with van der Waals surface area (Å²) in [6.07, 6.45) is 5.46. The first-order valence-electron chi connectivity index (χ1n) is 7.75. The molecular weight excluding hydrogens is 314 g/mol. The van der Waals surface area contributed by atoms with Crippen molar-refractivity contribution in [1.82, 2.24) is 4.90 Å². The van der Waals surface area contributed by atoms with Crippen LogP contribution < -0.4 is 10.6 Å². The van der Waals surface area contributed by atoms with E-state index in [9.17, 15) is 0 Å². The molecule has 1 aromatic rings. The van der Waals surface area contributed by atoms with Gasteiger partial charge in [0.15, 0.2) is 0 Å². The first-order valence-corrected chi connectivity index (χ1v) is 8.55. The second-order valence-corrected chi connectivity index (χ2v) is 6.88. The molecule has 0 radical (unpaired) electrons. The third-order valence-corrected chi connectivity index (χ3v) is 5.17. The molecular formula is C16H24BrN3. The molecule has 2 aliphatic rings. The largest absolute Gasteiger partial charge is 0.370 e. The van der Waals surface area contributed by atoms with Gasteiger partial charge in [0.05, 0.1) is 0 Å². The molecule has 20 heavy (non-hydrogen) atoms. The summed E-state index contributed by atoms with van der Waals surface area (Å²) >= 11 is 3.54. The van der Waals surface area contributed by atoms with Crippen molar-refractivity contribution in [1.29, 1.82) is 0 Å². The Morgan fingerprint density at radius 1 is 1.15 bits per heavy atom. The summed E-state index contributed by atoms with van der Waals surface area (Å²) in [5, 5.41) is 0. The summed E-state index contributed by atoms with van der Waals surface area (Å²) in [4.78, 5) is 5.22. The number of halogens is 1. The maximum absolute atomic E-state index is 5.91. The van der Waals surface area contributed by atoms with Crippen LogP contribution >= 0.6 is 15.9 Å². The molecule has 3 rings (SSSR count). The monoisotopic (exact) mass is 337 g/mol. The van der Waals surface area contributed by atoms with E-state index >= 15 is 0 Å². The van der Waals surface area contributed by atoms with Crippen LogP contribution in [0.2, 0.25) is 0 Å². The Labute approximate surface area is 130 Å². The zero-order valence-electron chi connectivity index (χ0n) is 12.0. The van der Waals surface area contributed by atoms with Gasteiger partial charge in [-0.25, -0.2) is 0 Å². The highest BCUT2D eigenvalue weighted by Crippen LogP contribution is 2.29. The minimum atomic E-state index is 0.611. The molecule has 0 saturated carbocycles. The lowest BCUT2D eigenvalue weighted by molar-refractivity contribution is 0.175. The van der Waals surface area contributed by atoms with E-state index in [1.54, 1.807) is 0 Å². The third kappa shape index (κ3) is 3.02. The lowest BCUT2D eigenvalue weighted by Gasteiger charge is -2.32. The van der Waals surface area contributed by atoms with Gasteiger partial charge in [-0.05, 0) is 56.1 Å². The lowest BCUT2D eigenvalue weighted by Crippen LogP contribution is -2.41. The minimum absolute atomic E-state index is 0.611. The topological polar surface area (TPSA) is 32.5 Å². The van der Waals surface area contributed by atoms with E-state index in [1.807, 2.05) is 0 Å². The van der Waals surface area contributed by atoms with Crippen molar-refractivity contribution in [3.63, 3.8) is 0 Å². The summed E-state index contributed by atoms with van der Waals surface area (Å²) in [6, 6.07) is 7.24. The maximum atomic E-state index is 5.91. The molecule has 4 heteroatoms. The summed E-state index contributed by atoms with van der Waals surface area (Å²) in [5.74, 6) is 0. The van der Waals surface area contributed by atoms with Gasteiger partial charge in [0.25, 0.3) is 0 Å². The summed E-state index contributed by atoms with van der Waals surface area (Å²) < 4.78 is 1.12. The SMILES string of the molecule is NCc1cc(Br)ccc1N1CCC(N2CCCCC2)C1. The number of nitrogens with two attached hydrogens (primary N) is 1. The quantitative estimate of drug-likeness (QED) is 0.920. The molecule has 2 saturated heterocycles. The normalized spacial score (nSPS) is 24.3. The average Bonchev–Trinajstić information content (AvgIpc) is 2.97. The predicted molar refractivity (Wildman–Crippen MR) is 88.1 cm³/mol. The number of nitrogens with zero attached hydrogens (tertiary/aromatic N) is 2. The molecule has 1 atom stereocenters. The van der Waals surface area contributed by atoms with Crippen molar-refractivity contribution >= 4 is 21.6 Å². The van der Waals surface area contributed by atoms with Gasteiger partial charge in [0, 0.05) is 35.8 Å². The fraction of sp³-hybridized carbons (Fsp3) is 0.625. The van der Waals surface area contributed by atoms with Gasteiger partial charge in [-0.2, -0.15) is 0 Å². The van der Waals surface area contributed by atoms with E-state index in [4.69, 9.17) is 5.73 Å². The van der Waals surface area contributed by atoms with Crippen LogP contribution in [0.4, 0.5) is 5.69 Å². The Kier molecular flexibility index (Phi) is 4.64. The third-order valence-electron chi connectivity index (χ3n) is 4.67. The summed E-state index contributed by atoms with van der Waals surface area (Å²) in [5.41, 5.74) is 8.48. The molecule has 2 heterocycles. The first kappa shape index (κ1) is 14.4. The molecule has 2 aliphatic heterocycles. The van der Waals surface area contributed by atoms with E-state index in [0.717, 1.165) is 23.6 Å². The Bertz CT molecular complexity index is 457. The predicted octanol–water partition coefficient (Wildman–Crippen LogP) is 2.97. The smallest absolute Gasteiger partial charge is 0.0413 e. The van der Waals surface area contributed by atoms with Gasteiger partial charge in [0.1, 0.15) is 0 Å². The number of anilines is 1. The van der Waals surface area contributed by atoms with E-state index in [0.29, 0.717) is 6.54 Å². The molecule has 0 aliphatic carbocycles. The highest BCUT2D eigenvalue weighted by atomic mass is 79.9. The Morgan fingerprint density at radius 2 is 1.95 bits per heavy atom.